The molecule has 0 aliphatic heterocycles. The predicted octanol–water partition coefficient (Wildman–Crippen LogP) is -0.128. The first-order valence-electron chi connectivity index (χ1n) is 11.4. The number of rotatable bonds is 16. The molecule has 0 amide bonds. The molecule has 28 heavy (non-hydrogen) atoms. The zero-order valence-electron chi connectivity index (χ0n) is 20.0. The molecule has 170 valence electrons. The minimum absolute atomic E-state index is 0. The van der Waals surface area contributed by atoms with Gasteiger partial charge in [0.25, 0.3) is 0 Å². The fraction of sp³-hybridized carbons (Fsp3) is 0.917. The van der Waals surface area contributed by atoms with Crippen molar-refractivity contribution < 1.29 is 42.9 Å². The first-order chi connectivity index (χ1) is 12.3. The summed E-state index contributed by atoms with van der Waals surface area (Å²) in [6, 6.07) is 0. The molecular weight excluding hydrogens is 476 g/mol. The monoisotopic (exact) mass is 524 g/mol. The van der Waals surface area contributed by atoms with Gasteiger partial charge in [-0.1, -0.05) is 65.2 Å². The SMILES string of the molecule is CCCCCCCC[N+](C)(C)CC#CC[N+](C)(C)CCCCCCCC.[Br-].[Br-]. The van der Waals surface area contributed by atoms with Crippen molar-refractivity contribution in [2.24, 2.45) is 0 Å². The summed E-state index contributed by atoms with van der Waals surface area (Å²) in [5, 5.41) is 0. The Balaban J connectivity index is -0.00000312. The highest BCUT2D eigenvalue weighted by molar-refractivity contribution is 4.99. The van der Waals surface area contributed by atoms with Gasteiger partial charge in [-0.25, -0.2) is 0 Å². The number of halogens is 2. The molecule has 0 unspecified atom stereocenters. The average molecular weight is 526 g/mol. The molecule has 0 spiro atoms. The smallest absolute Gasteiger partial charge is 0.140 e. The van der Waals surface area contributed by atoms with Crippen LogP contribution in [-0.4, -0.2) is 63.3 Å². The van der Waals surface area contributed by atoms with E-state index in [1.807, 2.05) is 0 Å². The molecule has 0 heterocycles. The third-order valence-corrected chi connectivity index (χ3v) is 5.37. The quantitative estimate of drug-likeness (QED) is 0.150. The van der Waals surface area contributed by atoms with Gasteiger partial charge in [-0.05, 0) is 37.5 Å². The molecule has 0 saturated carbocycles. The van der Waals surface area contributed by atoms with E-state index in [2.05, 4.69) is 53.9 Å². The molecule has 0 aromatic carbocycles. The standard InChI is InChI=1S/C24H50N2.2BrH/c1-7-9-11-13-15-17-21-25(3,4)23-19-20-24-26(5,6)22-18-16-14-12-10-8-2;;/h7-18,21-24H2,1-6H3;2*1H/q+2;;/p-2. The van der Waals surface area contributed by atoms with Crippen LogP contribution in [0.3, 0.4) is 0 Å². The summed E-state index contributed by atoms with van der Waals surface area (Å²) in [6.45, 7) is 9.07. The van der Waals surface area contributed by atoms with Crippen LogP contribution in [0.15, 0.2) is 0 Å². The van der Waals surface area contributed by atoms with Crippen LogP contribution in [0.4, 0.5) is 0 Å². The van der Waals surface area contributed by atoms with Gasteiger partial charge in [0.1, 0.15) is 13.1 Å². The second kappa shape index (κ2) is 20.7. The summed E-state index contributed by atoms with van der Waals surface area (Å²) in [6.07, 6.45) is 16.6. The number of hydrogen-bond donors (Lipinski definition) is 0. The van der Waals surface area contributed by atoms with E-state index in [1.54, 1.807) is 0 Å². The molecule has 0 aliphatic carbocycles. The zero-order valence-corrected chi connectivity index (χ0v) is 23.1. The lowest BCUT2D eigenvalue weighted by Crippen LogP contribution is -3.00. The molecule has 0 rings (SSSR count). The van der Waals surface area contributed by atoms with E-state index >= 15 is 0 Å². The van der Waals surface area contributed by atoms with Gasteiger partial charge in [-0.15, -0.1) is 0 Å². The predicted molar refractivity (Wildman–Crippen MR) is 118 cm³/mol. The summed E-state index contributed by atoms with van der Waals surface area (Å²) in [5.74, 6) is 6.94. The Kier molecular flexibility index (Phi) is 24.5. The summed E-state index contributed by atoms with van der Waals surface area (Å²) >= 11 is 0. The van der Waals surface area contributed by atoms with Gasteiger partial charge < -0.3 is 42.9 Å². The molecule has 0 aliphatic rings. The Bertz CT molecular complexity index is 350. The lowest BCUT2D eigenvalue weighted by molar-refractivity contribution is -0.885. The van der Waals surface area contributed by atoms with Crippen molar-refractivity contribution in [3.8, 4) is 11.8 Å². The highest BCUT2D eigenvalue weighted by Crippen LogP contribution is 2.09. The lowest BCUT2D eigenvalue weighted by Gasteiger charge is -2.28. The van der Waals surface area contributed by atoms with Crippen LogP contribution >= 0.6 is 0 Å². The van der Waals surface area contributed by atoms with E-state index in [9.17, 15) is 0 Å². The first-order valence-corrected chi connectivity index (χ1v) is 11.4. The van der Waals surface area contributed by atoms with E-state index < -0.39 is 0 Å². The van der Waals surface area contributed by atoms with Gasteiger partial charge >= 0.3 is 0 Å². The molecule has 4 heteroatoms. The van der Waals surface area contributed by atoms with E-state index in [1.165, 1.54) is 90.1 Å². The minimum Gasteiger partial charge on any atom is -1.00 e. The largest absolute Gasteiger partial charge is 1.00 e. The number of unbranched alkanes of at least 4 members (excludes halogenated alkanes) is 10. The first kappa shape index (κ1) is 33.1. The van der Waals surface area contributed by atoms with Gasteiger partial charge in [0.2, 0.25) is 0 Å². The van der Waals surface area contributed by atoms with Gasteiger partial charge in [0.15, 0.2) is 0 Å². The summed E-state index contributed by atoms with van der Waals surface area (Å²) in [5.41, 5.74) is 0. The highest BCUT2D eigenvalue weighted by atomic mass is 79.9. The Hall–Kier alpha value is 0.440. The van der Waals surface area contributed by atoms with Gasteiger partial charge in [0, 0.05) is 0 Å². The molecule has 0 bridgehead atoms. The van der Waals surface area contributed by atoms with Crippen LogP contribution in [0.5, 0.6) is 0 Å². The topological polar surface area (TPSA) is 0 Å². The van der Waals surface area contributed by atoms with E-state index in [0.717, 1.165) is 22.1 Å². The highest BCUT2D eigenvalue weighted by Gasteiger charge is 2.14. The average Bonchev–Trinajstić information content (AvgIpc) is 2.58. The maximum Gasteiger partial charge on any atom is 0.140 e. The zero-order chi connectivity index (χ0) is 19.7. The second-order valence-electron chi connectivity index (χ2n) is 9.52. The third kappa shape index (κ3) is 22.7. The number of hydrogen-bond acceptors (Lipinski definition) is 0. The molecule has 2 nitrogen and oxygen atoms in total. The molecule has 0 N–H and O–H groups in total. The fourth-order valence-electron chi connectivity index (χ4n) is 3.34. The molecular formula is C24H50Br2N2. The molecule has 0 fully saturated rings. The number of nitrogens with zero attached hydrogens (tertiary/aromatic N) is 2. The molecule has 0 atom stereocenters. The van der Waals surface area contributed by atoms with Crippen LogP contribution in [0.2, 0.25) is 0 Å². The summed E-state index contributed by atoms with van der Waals surface area (Å²) < 4.78 is 2.09. The van der Waals surface area contributed by atoms with Crippen molar-refractivity contribution in [1.29, 1.82) is 0 Å². The maximum atomic E-state index is 3.47. The van der Waals surface area contributed by atoms with Crippen molar-refractivity contribution in [1.82, 2.24) is 0 Å². The minimum atomic E-state index is 0. The molecule has 0 aromatic rings. The summed E-state index contributed by atoms with van der Waals surface area (Å²) in [4.78, 5) is 0. The van der Waals surface area contributed by atoms with Gasteiger partial charge in [-0.3, -0.25) is 0 Å². The summed E-state index contributed by atoms with van der Waals surface area (Å²) in [7, 11) is 9.32. The molecule has 0 aromatic heterocycles. The second-order valence-corrected chi connectivity index (χ2v) is 9.52. The van der Waals surface area contributed by atoms with Crippen LogP contribution in [-0.2, 0) is 0 Å². The Labute approximate surface area is 199 Å². The lowest BCUT2D eigenvalue weighted by atomic mass is 10.1. The van der Waals surface area contributed by atoms with E-state index in [4.69, 9.17) is 0 Å². The van der Waals surface area contributed by atoms with E-state index in [0.29, 0.717) is 0 Å². The van der Waals surface area contributed by atoms with Crippen LogP contribution in [0, 0.1) is 11.8 Å². The van der Waals surface area contributed by atoms with Crippen molar-refractivity contribution in [2.45, 2.75) is 90.9 Å². The third-order valence-electron chi connectivity index (χ3n) is 5.37. The van der Waals surface area contributed by atoms with Crippen molar-refractivity contribution in [3.63, 3.8) is 0 Å². The normalized spacial score (nSPS) is 11.2. The fourth-order valence-corrected chi connectivity index (χ4v) is 3.34. The van der Waals surface area contributed by atoms with E-state index in [-0.39, 0.29) is 34.0 Å². The Morgan fingerprint density at radius 1 is 0.464 bits per heavy atom. The van der Waals surface area contributed by atoms with Crippen LogP contribution in [0.25, 0.3) is 0 Å². The van der Waals surface area contributed by atoms with Crippen LogP contribution in [0.1, 0.15) is 90.9 Å². The van der Waals surface area contributed by atoms with Gasteiger partial charge in [0.05, 0.1) is 41.3 Å². The Morgan fingerprint density at radius 3 is 1.07 bits per heavy atom. The van der Waals surface area contributed by atoms with Crippen molar-refractivity contribution >= 4 is 0 Å². The number of quaternary nitrogens is 2. The molecule has 0 radical (unpaired) electrons. The molecule has 0 saturated heterocycles. The maximum absolute atomic E-state index is 3.47. The van der Waals surface area contributed by atoms with Gasteiger partial charge in [-0.2, -0.15) is 0 Å². The van der Waals surface area contributed by atoms with Crippen molar-refractivity contribution in [3.05, 3.63) is 0 Å². The van der Waals surface area contributed by atoms with Crippen LogP contribution < -0.4 is 34.0 Å². The van der Waals surface area contributed by atoms with Crippen molar-refractivity contribution in [2.75, 3.05) is 54.4 Å². The Morgan fingerprint density at radius 2 is 0.750 bits per heavy atom.